The first-order valence-electron chi connectivity index (χ1n) is 23.5. The van der Waals surface area contributed by atoms with Gasteiger partial charge in [0.05, 0.1) is 6.61 Å². The third-order valence-electron chi connectivity index (χ3n) is 14.4. The van der Waals surface area contributed by atoms with Crippen molar-refractivity contribution in [3.63, 3.8) is 0 Å². The zero-order chi connectivity index (χ0) is 44.6. The average Bonchev–Trinajstić information content (AvgIpc) is 3.34. The van der Waals surface area contributed by atoms with Gasteiger partial charge in [0.25, 0.3) is 11.8 Å². The number of hydrogen-bond acceptors (Lipinski definition) is 5. The second kappa shape index (κ2) is 18.3. The zero-order valence-electron chi connectivity index (χ0n) is 37.0. The maximum absolute atomic E-state index is 16.6. The van der Waals surface area contributed by atoms with Crippen molar-refractivity contribution in [2.75, 3.05) is 55.7 Å². The summed E-state index contributed by atoms with van der Waals surface area (Å²) in [5, 5.41) is 15.4. The molecule has 0 spiro atoms. The van der Waals surface area contributed by atoms with E-state index in [1.807, 2.05) is 54.6 Å². The monoisotopic (exact) mass is 870 g/mol. The van der Waals surface area contributed by atoms with Crippen LogP contribution in [0.2, 0.25) is 0 Å². The number of halogens is 2. The van der Waals surface area contributed by atoms with Gasteiger partial charge in [-0.25, -0.2) is 8.78 Å². The number of hydrogen-bond donors (Lipinski definition) is 3. The van der Waals surface area contributed by atoms with Crippen LogP contribution in [-0.2, 0) is 0 Å². The van der Waals surface area contributed by atoms with Crippen molar-refractivity contribution in [3.8, 4) is 11.1 Å². The molecule has 6 aromatic rings. The number of carbonyl (C=O) groups excluding carboxylic acids is 2. The van der Waals surface area contributed by atoms with Crippen LogP contribution in [0.15, 0.2) is 121 Å². The fourth-order valence-electron chi connectivity index (χ4n) is 11.3. The fraction of sp³-hybridized carbons (Fsp3) is 0.321. The Hall–Kier alpha value is -6.32. The standard InChI is InChI=1S/C56H56F2N4O3/c1-2-3-22-59-55(64)40-32-50-45(38-10-7-11-42(57)29-38)20-26-62-27-21-46(51(33-40)54(50)62)39-16-17-47(52(58)34-39)37-14-12-36(13-15-37)44-19-25-61-24-18-43(35-8-5-4-6-9-35)48-30-41(31-49(44)53(48)61)56(65)60-23-28-63/h4-17,29-34,43-46,63H,2-3,18-28H2,1H3,(H,59,64)(H,60,65). The Morgan fingerprint density at radius 3 is 1.55 bits per heavy atom. The number of aliphatic hydroxyl groups excluding tert-OH is 1. The van der Waals surface area contributed by atoms with Crippen molar-refractivity contribution >= 4 is 23.2 Å². The highest BCUT2D eigenvalue weighted by atomic mass is 19.1. The van der Waals surface area contributed by atoms with E-state index >= 15 is 4.39 Å². The first kappa shape index (κ1) is 42.6. The molecule has 4 aliphatic heterocycles. The molecular weight excluding hydrogens is 815 g/mol. The van der Waals surface area contributed by atoms with E-state index in [4.69, 9.17) is 0 Å². The van der Waals surface area contributed by atoms with E-state index in [0.29, 0.717) is 23.2 Å². The second-order valence-corrected chi connectivity index (χ2v) is 18.3. The molecular formula is C56H56F2N4O3. The molecule has 2 amide bonds. The van der Waals surface area contributed by atoms with Crippen LogP contribution in [0.1, 0.15) is 134 Å². The third-order valence-corrected chi connectivity index (χ3v) is 14.4. The van der Waals surface area contributed by atoms with E-state index in [1.54, 1.807) is 18.2 Å². The van der Waals surface area contributed by atoms with Crippen molar-refractivity contribution < 1.29 is 23.5 Å². The Morgan fingerprint density at radius 2 is 1.05 bits per heavy atom. The molecule has 4 heterocycles. The van der Waals surface area contributed by atoms with E-state index < -0.39 is 0 Å². The molecule has 9 heteroatoms. The Bertz CT molecular complexity index is 2740. The molecule has 0 bridgehead atoms. The number of aliphatic hydroxyl groups is 1. The highest BCUT2D eigenvalue weighted by Crippen LogP contribution is 2.51. The van der Waals surface area contributed by atoms with Crippen molar-refractivity contribution in [1.82, 2.24) is 10.6 Å². The number of nitrogens with zero attached hydrogens (tertiary/aromatic N) is 2. The lowest BCUT2D eigenvalue weighted by Crippen LogP contribution is -2.38. The van der Waals surface area contributed by atoms with Gasteiger partial charge in [0.2, 0.25) is 0 Å². The number of anilines is 2. The maximum Gasteiger partial charge on any atom is 0.251 e. The summed E-state index contributed by atoms with van der Waals surface area (Å²) in [5.41, 5.74) is 13.3. The number of benzene rings is 6. The zero-order valence-corrected chi connectivity index (χ0v) is 37.0. The molecule has 0 radical (unpaired) electrons. The van der Waals surface area contributed by atoms with Gasteiger partial charge >= 0.3 is 0 Å². The first-order valence-corrected chi connectivity index (χ1v) is 23.5. The van der Waals surface area contributed by atoms with E-state index in [-0.39, 0.29) is 60.3 Å². The Balaban J connectivity index is 0.969. The quantitative estimate of drug-likeness (QED) is 0.107. The number of rotatable bonds is 12. The van der Waals surface area contributed by atoms with Gasteiger partial charge in [0.1, 0.15) is 11.6 Å². The van der Waals surface area contributed by atoms with Gasteiger partial charge < -0.3 is 25.5 Å². The number of unbranched alkanes of at least 4 members (excludes halogenated alkanes) is 1. The third kappa shape index (κ3) is 8.20. The van der Waals surface area contributed by atoms with Crippen molar-refractivity contribution in [3.05, 3.63) is 189 Å². The number of nitrogens with one attached hydrogen (secondary N) is 2. The van der Waals surface area contributed by atoms with Gasteiger partial charge in [-0.15, -0.1) is 0 Å². The minimum Gasteiger partial charge on any atom is -0.395 e. The van der Waals surface area contributed by atoms with Gasteiger partial charge in [-0.2, -0.15) is 0 Å². The summed E-state index contributed by atoms with van der Waals surface area (Å²) in [5.74, 6) is -0.878. The molecule has 0 aromatic heterocycles. The topological polar surface area (TPSA) is 84.9 Å². The minimum absolute atomic E-state index is 0.0446. The molecule has 6 aromatic carbocycles. The Labute approximate surface area is 380 Å². The summed E-state index contributed by atoms with van der Waals surface area (Å²) in [4.78, 5) is 32.0. The molecule has 7 nitrogen and oxygen atoms in total. The largest absolute Gasteiger partial charge is 0.395 e. The minimum atomic E-state index is -0.298. The van der Waals surface area contributed by atoms with Crippen LogP contribution in [0.5, 0.6) is 0 Å². The average molecular weight is 871 g/mol. The summed E-state index contributed by atoms with van der Waals surface area (Å²) < 4.78 is 31.2. The molecule has 4 aliphatic rings. The van der Waals surface area contributed by atoms with Gasteiger partial charge in [0.15, 0.2) is 0 Å². The predicted octanol–water partition coefficient (Wildman–Crippen LogP) is 10.6. The fourth-order valence-corrected chi connectivity index (χ4v) is 11.3. The second-order valence-electron chi connectivity index (χ2n) is 18.3. The van der Waals surface area contributed by atoms with E-state index in [1.165, 1.54) is 17.3 Å². The van der Waals surface area contributed by atoms with Crippen molar-refractivity contribution in [1.29, 1.82) is 0 Å². The lowest BCUT2D eigenvalue weighted by molar-refractivity contribution is 0.0940. The summed E-state index contributed by atoms with van der Waals surface area (Å²) in [6.45, 7) is 6.21. The van der Waals surface area contributed by atoms with Crippen LogP contribution >= 0.6 is 0 Å². The van der Waals surface area contributed by atoms with Crippen LogP contribution < -0.4 is 20.4 Å². The first-order chi connectivity index (χ1) is 31.8. The molecule has 3 N–H and O–H groups in total. The van der Waals surface area contributed by atoms with Gasteiger partial charge in [0, 0.05) is 91.0 Å². The Morgan fingerprint density at radius 1 is 0.569 bits per heavy atom. The maximum atomic E-state index is 16.6. The molecule has 0 aliphatic carbocycles. The van der Waals surface area contributed by atoms with E-state index in [0.717, 1.165) is 115 Å². The lowest BCUT2D eigenvalue weighted by Gasteiger charge is -2.43. The van der Waals surface area contributed by atoms with E-state index in [9.17, 15) is 19.1 Å². The Kier molecular flexibility index (Phi) is 12.0. The predicted molar refractivity (Wildman–Crippen MR) is 254 cm³/mol. The van der Waals surface area contributed by atoms with Gasteiger partial charge in [-0.1, -0.05) is 92.2 Å². The molecule has 4 unspecified atom stereocenters. The smallest absolute Gasteiger partial charge is 0.251 e. The van der Waals surface area contributed by atoms with Gasteiger partial charge in [-0.3, -0.25) is 9.59 Å². The molecule has 10 rings (SSSR count). The van der Waals surface area contributed by atoms with Crippen LogP contribution in [0.3, 0.4) is 0 Å². The number of amides is 2. The molecule has 4 atom stereocenters. The van der Waals surface area contributed by atoms with Crippen LogP contribution in [0, 0.1) is 11.6 Å². The molecule has 0 saturated heterocycles. The summed E-state index contributed by atoms with van der Waals surface area (Å²) in [6.07, 6.45) is 5.30. The van der Waals surface area contributed by atoms with Crippen LogP contribution in [0.4, 0.5) is 20.2 Å². The lowest BCUT2D eigenvalue weighted by atomic mass is 9.75. The van der Waals surface area contributed by atoms with Crippen LogP contribution in [-0.4, -0.2) is 62.8 Å². The highest BCUT2D eigenvalue weighted by molar-refractivity contribution is 5.97. The number of carbonyl (C=O) groups is 2. The van der Waals surface area contributed by atoms with Gasteiger partial charge in [-0.05, 0) is 125 Å². The molecule has 0 fully saturated rings. The van der Waals surface area contributed by atoms with Crippen molar-refractivity contribution in [2.45, 2.75) is 69.1 Å². The SMILES string of the molecule is CCCCNC(=O)c1cc2c3c(c1)C(c1ccc(-c4ccc(C5CCN6CCC(c7ccccc7)c7cc(C(=O)NCCO)cc5c76)cc4)c(F)c1)CCN3CCC2c1cccc(F)c1. The molecule has 65 heavy (non-hydrogen) atoms. The normalized spacial score (nSPS) is 19.6. The summed E-state index contributed by atoms with van der Waals surface area (Å²) in [6, 6.07) is 39.3. The highest BCUT2D eigenvalue weighted by Gasteiger charge is 2.38. The summed E-state index contributed by atoms with van der Waals surface area (Å²) >= 11 is 0. The molecule has 0 saturated carbocycles. The van der Waals surface area contributed by atoms with E-state index in [2.05, 4.69) is 69.8 Å². The van der Waals surface area contributed by atoms with Crippen LogP contribution in [0.25, 0.3) is 11.1 Å². The summed E-state index contributed by atoms with van der Waals surface area (Å²) in [7, 11) is 0. The van der Waals surface area contributed by atoms with Crippen molar-refractivity contribution in [2.24, 2.45) is 0 Å². The molecule has 332 valence electrons.